The molecule has 2 aromatic rings. The smallest absolute Gasteiger partial charge is 0.253 e. The second-order valence-electron chi connectivity index (χ2n) is 6.85. The average molecular weight is 350 g/mol. The van der Waals surface area contributed by atoms with Crippen LogP contribution in [0.4, 0.5) is 5.69 Å². The van der Waals surface area contributed by atoms with E-state index in [2.05, 4.69) is 21.3 Å². The first kappa shape index (κ1) is 16.7. The number of carbonyl (C=O) groups excluding carboxylic acids is 2. The van der Waals surface area contributed by atoms with Crippen molar-refractivity contribution in [1.29, 1.82) is 0 Å². The topological polar surface area (TPSA) is 65.5 Å². The van der Waals surface area contributed by atoms with Crippen LogP contribution in [0.25, 0.3) is 0 Å². The van der Waals surface area contributed by atoms with Gasteiger partial charge in [-0.1, -0.05) is 6.07 Å². The second-order valence-corrected chi connectivity index (χ2v) is 6.85. The van der Waals surface area contributed by atoms with E-state index in [1.54, 1.807) is 6.20 Å². The Labute approximate surface area is 152 Å². The first-order valence-electron chi connectivity index (χ1n) is 9.02. The standard InChI is InChI=1S/C20H22N4O2/c25-19-6-4-16-12-17(3-5-18(16)22-19)20(26)24-10-8-23(9-11-24)14-15-2-1-7-21-13-15/h1-3,5,7,12-13H,4,6,8-11,14H2,(H,22,25). The summed E-state index contributed by atoms with van der Waals surface area (Å²) in [5.74, 6) is 0.118. The number of pyridine rings is 1. The molecule has 0 atom stereocenters. The number of hydrogen-bond acceptors (Lipinski definition) is 4. The van der Waals surface area contributed by atoms with Gasteiger partial charge in [-0.2, -0.15) is 0 Å². The number of aromatic nitrogens is 1. The number of piperazine rings is 1. The van der Waals surface area contributed by atoms with E-state index in [9.17, 15) is 9.59 Å². The molecule has 3 heterocycles. The van der Waals surface area contributed by atoms with Crippen LogP contribution in [0.2, 0.25) is 0 Å². The third-order valence-electron chi connectivity index (χ3n) is 5.04. The first-order chi connectivity index (χ1) is 12.7. The van der Waals surface area contributed by atoms with Crippen LogP contribution in [0, 0.1) is 0 Å². The minimum atomic E-state index is 0.0429. The highest BCUT2D eigenvalue weighted by atomic mass is 16.2. The fraction of sp³-hybridized carbons (Fsp3) is 0.350. The predicted octanol–water partition coefficient (Wildman–Crippen LogP) is 1.92. The highest BCUT2D eigenvalue weighted by Gasteiger charge is 2.23. The largest absolute Gasteiger partial charge is 0.336 e. The van der Waals surface area contributed by atoms with Gasteiger partial charge in [-0.05, 0) is 41.8 Å². The molecule has 1 aromatic heterocycles. The molecule has 4 rings (SSSR count). The SMILES string of the molecule is O=C1CCc2cc(C(=O)N3CCN(Cc4cccnc4)CC3)ccc2N1. The minimum Gasteiger partial charge on any atom is -0.336 e. The molecule has 0 aliphatic carbocycles. The van der Waals surface area contributed by atoms with Crippen LogP contribution in [0.3, 0.4) is 0 Å². The zero-order valence-electron chi connectivity index (χ0n) is 14.6. The van der Waals surface area contributed by atoms with Gasteiger partial charge in [0, 0.05) is 62.8 Å². The Hall–Kier alpha value is -2.73. The summed E-state index contributed by atoms with van der Waals surface area (Å²) in [6.07, 6.45) is 4.85. The fourth-order valence-electron chi connectivity index (χ4n) is 3.56. The lowest BCUT2D eigenvalue weighted by molar-refractivity contribution is -0.116. The zero-order valence-corrected chi connectivity index (χ0v) is 14.6. The first-order valence-corrected chi connectivity index (χ1v) is 9.02. The van der Waals surface area contributed by atoms with Crippen molar-refractivity contribution in [1.82, 2.24) is 14.8 Å². The molecule has 2 aliphatic rings. The number of amides is 2. The van der Waals surface area contributed by atoms with Crippen LogP contribution in [0.15, 0.2) is 42.7 Å². The minimum absolute atomic E-state index is 0.0429. The number of anilines is 1. The van der Waals surface area contributed by atoms with Crippen LogP contribution >= 0.6 is 0 Å². The number of rotatable bonds is 3. The Kier molecular flexibility index (Phi) is 4.67. The lowest BCUT2D eigenvalue weighted by Gasteiger charge is -2.35. The molecule has 0 bridgehead atoms. The quantitative estimate of drug-likeness (QED) is 0.919. The molecule has 1 saturated heterocycles. The summed E-state index contributed by atoms with van der Waals surface area (Å²) in [5.41, 5.74) is 3.79. The summed E-state index contributed by atoms with van der Waals surface area (Å²) in [4.78, 5) is 32.7. The molecule has 0 unspecified atom stereocenters. The summed E-state index contributed by atoms with van der Waals surface area (Å²) >= 11 is 0. The molecular weight excluding hydrogens is 328 g/mol. The Morgan fingerprint density at radius 3 is 2.73 bits per heavy atom. The second kappa shape index (κ2) is 7.25. The molecule has 2 amide bonds. The van der Waals surface area contributed by atoms with Gasteiger partial charge in [0.1, 0.15) is 0 Å². The van der Waals surface area contributed by atoms with Crippen LogP contribution in [0.1, 0.15) is 27.9 Å². The van der Waals surface area contributed by atoms with E-state index in [1.807, 2.05) is 35.4 Å². The molecule has 0 saturated carbocycles. The predicted molar refractivity (Wildman–Crippen MR) is 98.8 cm³/mol. The summed E-state index contributed by atoms with van der Waals surface area (Å²) in [7, 11) is 0. The normalized spacial score (nSPS) is 17.5. The van der Waals surface area contributed by atoms with E-state index in [1.165, 1.54) is 5.56 Å². The maximum Gasteiger partial charge on any atom is 0.253 e. The van der Waals surface area contributed by atoms with Crippen LogP contribution in [0.5, 0.6) is 0 Å². The monoisotopic (exact) mass is 350 g/mol. The highest BCUT2D eigenvalue weighted by molar-refractivity contribution is 5.98. The Balaban J connectivity index is 1.37. The van der Waals surface area contributed by atoms with Crippen molar-refractivity contribution in [3.05, 3.63) is 59.4 Å². The summed E-state index contributed by atoms with van der Waals surface area (Å²) in [5, 5.41) is 2.86. The van der Waals surface area contributed by atoms with E-state index in [-0.39, 0.29) is 11.8 Å². The van der Waals surface area contributed by atoms with Crippen molar-refractivity contribution in [3.63, 3.8) is 0 Å². The fourth-order valence-corrected chi connectivity index (χ4v) is 3.56. The molecule has 0 spiro atoms. The third-order valence-corrected chi connectivity index (χ3v) is 5.04. The van der Waals surface area contributed by atoms with E-state index in [4.69, 9.17) is 0 Å². The van der Waals surface area contributed by atoms with Gasteiger partial charge >= 0.3 is 0 Å². The van der Waals surface area contributed by atoms with Gasteiger partial charge in [-0.25, -0.2) is 0 Å². The van der Waals surface area contributed by atoms with E-state index < -0.39 is 0 Å². The third kappa shape index (κ3) is 3.60. The van der Waals surface area contributed by atoms with E-state index >= 15 is 0 Å². The Morgan fingerprint density at radius 1 is 1.12 bits per heavy atom. The van der Waals surface area contributed by atoms with Gasteiger partial charge in [0.25, 0.3) is 5.91 Å². The molecule has 0 radical (unpaired) electrons. The zero-order chi connectivity index (χ0) is 17.9. The lowest BCUT2D eigenvalue weighted by atomic mass is 10.00. The summed E-state index contributed by atoms with van der Waals surface area (Å²) in [6, 6.07) is 9.62. The van der Waals surface area contributed by atoms with E-state index in [0.717, 1.165) is 44.0 Å². The van der Waals surface area contributed by atoms with Crippen LogP contribution in [-0.4, -0.2) is 52.8 Å². The molecule has 1 aromatic carbocycles. The molecular formula is C20H22N4O2. The summed E-state index contributed by atoms with van der Waals surface area (Å²) in [6.45, 7) is 4.05. The highest BCUT2D eigenvalue weighted by Crippen LogP contribution is 2.24. The van der Waals surface area contributed by atoms with Gasteiger partial charge in [0.2, 0.25) is 5.91 Å². The number of aryl methyl sites for hydroxylation is 1. The number of fused-ring (bicyclic) bond motifs is 1. The number of benzene rings is 1. The molecule has 6 nitrogen and oxygen atoms in total. The molecule has 6 heteroatoms. The van der Waals surface area contributed by atoms with Crippen LogP contribution < -0.4 is 5.32 Å². The van der Waals surface area contributed by atoms with Crippen molar-refractivity contribution in [3.8, 4) is 0 Å². The van der Waals surface area contributed by atoms with Gasteiger partial charge < -0.3 is 10.2 Å². The van der Waals surface area contributed by atoms with E-state index in [0.29, 0.717) is 18.4 Å². The number of nitrogens with one attached hydrogen (secondary N) is 1. The van der Waals surface area contributed by atoms with Crippen molar-refractivity contribution in [2.75, 3.05) is 31.5 Å². The molecule has 1 fully saturated rings. The van der Waals surface area contributed by atoms with Gasteiger partial charge in [-0.15, -0.1) is 0 Å². The van der Waals surface area contributed by atoms with Crippen molar-refractivity contribution >= 4 is 17.5 Å². The van der Waals surface area contributed by atoms with Crippen LogP contribution in [-0.2, 0) is 17.8 Å². The Morgan fingerprint density at radius 2 is 1.96 bits per heavy atom. The van der Waals surface area contributed by atoms with Gasteiger partial charge in [0.05, 0.1) is 0 Å². The van der Waals surface area contributed by atoms with Gasteiger partial charge in [-0.3, -0.25) is 19.5 Å². The molecule has 134 valence electrons. The number of hydrogen-bond donors (Lipinski definition) is 1. The summed E-state index contributed by atoms with van der Waals surface area (Å²) < 4.78 is 0. The number of carbonyl (C=O) groups is 2. The van der Waals surface area contributed by atoms with Crippen molar-refractivity contribution in [2.24, 2.45) is 0 Å². The maximum absolute atomic E-state index is 12.8. The van der Waals surface area contributed by atoms with Crippen molar-refractivity contribution < 1.29 is 9.59 Å². The molecule has 1 N–H and O–H groups in total. The maximum atomic E-state index is 12.8. The Bertz CT molecular complexity index is 814. The molecule has 2 aliphatic heterocycles. The molecule has 26 heavy (non-hydrogen) atoms. The number of nitrogens with zero attached hydrogens (tertiary/aromatic N) is 3. The van der Waals surface area contributed by atoms with Crippen molar-refractivity contribution in [2.45, 2.75) is 19.4 Å². The van der Waals surface area contributed by atoms with Gasteiger partial charge in [0.15, 0.2) is 0 Å². The lowest BCUT2D eigenvalue weighted by Crippen LogP contribution is -2.48. The average Bonchev–Trinajstić information content (AvgIpc) is 2.68.